The Morgan fingerprint density at radius 1 is 1.17 bits per heavy atom. The molecular weight excluding hydrogens is 406 g/mol. The third kappa shape index (κ3) is 4.26. The zero-order valence-corrected chi connectivity index (χ0v) is 17.0. The van der Waals surface area contributed by atoms with Crippen molar-refractivity contribution in [2.24, 2.45) is 0 Å². The van der Waals surface area contributed by atoms with Crippen molar-refractivity contribution < 1.29 is 19.5 Å². The molecule has 2 aliphatic rings. The number of hydrogen-bond donors (Lipinski definition) is 1. The van der Waals surface area contributed by atoms with E-state index in [9.17, 15) is 14.4 Å². The van der Waals surface area contributed by atoms with Crippen LogP contribution in [0.1, 0.15) is 28.1 Å². The Labute approximate surface area is 176 Å². The highest BCUT2D eigenvalue weighted by molar-refractivity contribution is 8.18. The van der Waals surface area contributed by atoms with Crippen LogP contribution in [0.5, 0.6) is 0 Å². The Bertz CT molecular complexity index is 1090. The number of carbonyl (C=O) groups is 3. The summed E-state index contributed by atoms with van der Waals surface area (Å²) in [6.07, 6.45) is 9.72. The number of hydrogen-bond acceptors (Lipinski definition) is 5. The van der Waals surface area contributed by atoms with Gasteiger partial charge in [-0.25, -0.2) is 4.79 Å². The second-order valence-electron chi connectivity index (χ2n) is 6.65. The summed E-state index contributed by atoms with van der Waals surface area (Å²) in [4.78, 5) is 38.7. The fourth-order valence-corrected chi connectivity index (χ4v) is 4.90. The quantitative estimate of drug-likeness (QED) is 0.650. The van der Waals surface area contributed by atoms with Crippen LogP contribution in [-0.4, -0.2) is 33.7 Å². The predicted molar refractivity (Wildman–Crippen MR) is 116 cm³/mol. The Kier molecular flexibility index (Phi) is 5.51. The van der Waals surface area contributed by atoms with E-state index in [0.29, 0.717) is 11.4 Å². The SMILES string of the molecule is O=C(O)c1cccc(-c2csc(C=C3SC(=O)N(CC4=CCCC=C4)C3=O)c2)c1. The number of thioether (sulfide) groups is 1. The number of benzene rings is 1. The van der Waals surface area contributed by atoms with Crippen molar-refractivity contribution in [1.29, 1.82) is 0 Å². The summed E-state index contributed by atoms with van der Waals surface area (Å²) in [5, 5.41) is 10.8. The van der Waals surface area contributed by atoms with Gasteiger partial charge in [-0.15, -0.1) is 11.3 Å². The molecule has 29 heavy (non-hydrogen) atoms. The standard InChI is InChI=1S/C22H17NO4S2/c24-20-19(29-22(27)23(20)12-14-5-2-1-3-6-14)11-18-10-17(13-28-18)15-7-4-8-16(9-15)21(25)26/h2,4-11,13H,1,3,12H2,(H,25,26). The van der Waals surface area contributed by atoms with Crippen LogP contribution in [0, 0.1) is 0 Å². The average Bonchev–Trinajstić information content (AvgIpc) is 3.29. The van der Waals surface area contributed by atoms with Gasteiger partial charge in [-0.2, -0.15) is 0 Å². The molecule has 146 valence electrons. The minimum absolute atomic E-state index is 0.224. The molecule has 1 aliphatic carbocycles. The Morgan fingerprint density at radius 2 is 2.03 bits per heavy atom. The highest BCUT2D eigenvalue weighted by atomic mass is 32.2. The number of nitrogens with zero attached hydrogens (tertiary/aromatic N) is 1. The topological polar surface area (TPSA) is 74.7 Å². The van der Waals surface area contributed by atoms with Crippen LogP contribution in [0.25, 0.3) is 17.2 Å². The number of carboxylic acid groups (broad SMARTS) is 1. The maximum Gasteiger partial charge on any atom is 0.335 e. The van der Waals surface area contributed by atoms with Gasteiger partial charge < -0.3 is 5.11 Å². The number of amides is 2. The lowest BCUT2D eigenvalue weighted by molar-refractivity contribution is -0.122. The molecule has 0 atom stereocenters. The van der Waals surface area contributed by atoms with Crippen molar-refractivity contribution in [3.8, 4) is 11.1 Å². The number of imide groups is 1. The number of thiophene rings is 1. The van der Waals surface area contributed by atoms with Crippen molar-refractivity contribution in [1.82, 2.24) is 4.90 Å². The molecule has 2 amide bonds. The Balaban J connectivity index is 1.53. The summed E-state index contributed by atoms with van der Waals surface area (Å²) in [7, 11) is 0. The van der Waals surface area contributed by atoms with E-state index in [4.69, 9.17) is 5.11 Å². The molecule has 1 aromatic heterocycles. The molecule has 1 fully saturated rings. The number of aromatic carboxylic acids is 1. The Hall–Kier alpha value is -2.90. The molecule has 2 aromatic rings. The Morgan fingerprint density at radius 3 is 2.79 bits per heavy atom. The van der Waals surface area contributed by atoms with Crippen LogP contribution in [0.15, 0.2) is 64.4 Å². The first-order chi connectivity index (χ1) is 14.0. The second kappa shape index (κ2) is 8.23. The average molecular weight is 424 g/mol. The zero-order valence-electron chi connectivity index (χ0n) is 15.3. The summed E-state index contributed by atoms with van der Waals surface area (Å²) in [5.74, 6) is -1.25. The molecule has 7 heteroatoms. The van der Waals surface area contributed by atoms with Crippen LogP contribution in [0.4, 0.5) is 4.79 Å². The van der Waals surface area contributed by atoms with E-state index in [0.717, 1.165) is 46.2 Å². The van der Waals surface area contributed by atoms with E-state index in [2.05, 4.69) is 12.2 Å². The van der Waals surface area contributed by atoms with Gasteiger partial charge in [-0.1, -0.05) is 30.4 Å². The van der Waals surface area contributed by atoms with Gasteiger partial charge in [0, 0.05) is 4.88 Å². The van der Waals surface area contributed by atoms with Crippen molar-refractivity contribution >= 4 is 46.3 Å². The smallest absolute Gasteiger partial charge is 0.335 e. The number of allylic oxidation sites excluding steroid dienone is 2. The molecule has 1 aliphatic heterocycles. The third-order valence-corrected chi connectivity index (χ3v) is 6.41. The molecule has 0 spiro atoms. The number of rotatable bonds is 5. The lowest BCUT2D eigenvalue weighted by Gasteiger charge is -2.14. The first-order valence-corrected chi connectivity index (χ1v) is 10.7. The van der Waals surface area contributed by atoms with Crippen LogP contribution < -0.4 is 0 Å². The lowest BCUT2D eigenvalue weighted by Crippen LogP contribution is -2.30. The van der Waals surface area contributed by atoms with Crippen molar-refractivity contribution in [3.05, 3.63) is 74.9 Å². The van der Waals surface area contributed by atoms with Gasteiger partial charge in [0.25, 0.3) is 11.1 Å². The van der Waals surface area contributed by atoms with Crippen LogP contribution in [-0.2, 0) is 4.79 Å². The van der Waals surface area contributed by atoms with Crippen LogP contribution >= 0.6 is 23.1 Å². The third-order valence-electron chi connectivity index (χ3n) is 4.62. The molecule has 4 rings (SSSR count). The highest BCUT2D eigenvalue weighted by Gasteiger charge is 2.35. The maximum atomic E-state index is 12.7. The molecule has 5 nitrogen and oxygen atoms in total. The minimum Gasteiger partial charge on any atom is -0.478 e. The van der Waals surface area contributed by atoms with E-state index in [1.807, 2.05) is 23.6 Å². The summed E-state index contributed by atoms with van der Waals surface area (Å²) in [6, 6.07) is 8.61. The van der Waals surface area contributed by atoms with E-state index in [-0.39, 0.29) is 16.7 Å². The van der Waals surface area contributed by atoms with E-state index >= 15 is 0 Å². The normalized spacial score (nSPS) is 17.9. The largest absolute Gasteiger partial charge is 0.478 e. The molecule has 1 aromatic carbocycles. The van der Waals surface area contributed by atoms with E-state index < -0.39 is 5.97 Å². The summed E-state index contributed by atoms with van der Waals surface area (Å²) in [5.41, 5.74) is 2.88. The summed E-state index contributed by atoms with van der Waals surface area (Å²) >= 11 is 2.40. The van der Waals surface area contributed by atoms with Gasteiger partial charge in [0.1, 0.15) is 0 Å². The van der Waals surface area contributed by atoms with Gasteiger partial charge in [-0.05, 0) is 71.0 Å². The van der Waals surface area contributed by atoms with Crippen molar-refractivity contribution in [3.63, 3.8) is 0 Å². The monoisotopic (exact) mass is 423 g/mol. The van der Waals surface area contributed by atoms with Gasteiger partial charge in [-0.3, -0.25) is 14.5 Å². The maximum absolute atomic E-state index is 12.7. The number of carbonyl (C=O) groups excluding carboxylic acids is 2. The van der Waals surface area contributed by atoms with Crippen LogP contribution in [0.2, 0.25) is 0 Å². The predicted octanol–water partition coefficient (Wildman–Crippen LogP) is 5.43. The first kappa shape index (κ1) is 19.4. The van der Waals surface area contributed by atoms with Crippen molar-refractivity contribution in [2.45, 2.75) is 12.8 Å². The van der Waals surface area contributed by atoms with Gasteiger partial charge in [0.15, 0.2) is 0 Å². The molecule has 0 bridgehead atoms. The first-order valence-electron chi connectivity index (χ1n) is 9.04. The summed E-state index contributed by atoms with van der Waals surface area (Å²) in [6.45, 7) is 0.302. The molecule has 1 saturated heterocycles. The highest BCUT2D eigenvalue weighted by Crippen LogP contribution is 2.35. The van der Waals surface area contributed by atoms with Crippen molar-refractivity contribution in [2.75, 3.05) is 6.54 Å². The minimum atomic E-state index is -0.973. The molecule has 2 heterocycles. The lowest BCUT2D eigenvalue weighted by atomic mass is 10.1. The summed E-state index contributed by atoms with van der Waals surface area (Å²) < 4.78 is 0. The molecule has 0 saturated carbocycles. The van der Waals surface area contributed by atoms with E-state index in [1.165, 1.54) is 16.2 Å². The van der Waals surface area contributed by atoms with Gasteiger partial charge >= 0.3 is 5.97 Å². The molecular formula is C22H17NO4S2. The fourth-order valence-electron chi connectivity index (χ4n) is 3.14. The molecule has 0 radical (unpaired) electrons. The molecule has 0 unspecified atom stereocenters. The zero-order chi connectivity index (χ0) is 20.4. The molecule has 1 N–H and O–H groups in total. The van der Waals surface area contributed by atoms with E-state index in [1.54, 1.807) is 24.3 Å². The second-order valence-corrected chi connectivity index (χ2v) is 8.59. The number of carboxylic acids is 1. The van der Waals surface area contributed by atoms with Crippen LogP contribution in [0.3, 0.4) is 0 Å². The fraction of sp³-hybridized carbons (Fsp3) is 0.136. The van der Waals surface area contributed by atoms with Gasteiger partial charge in [0.2, 0.25) is 0 Å². The van der Waals surface area contributed by atoms with Gasteiger partial charge in [0.05, 0.1) is 17.0 Å².